The lowest BCUT2D eigenvalue weighted by molar-refractivity contribution is 0.0689. The highest BCUT2D eigenvalue weighted by Crippen LogP contribution is 2.03. The summed E-state index contributed by atoms with van der Waals surface area (Å²) in [4.78, 5) is 10.8. The van der Waals surface area contributed by atoms with Crippen LogP contribution in [0.25, 0.3) is 0 Å². The molecule has 0 saturated carbocycles. The molecular weight excluding hydrogens is 282 g/mol. The normalized spacial score (nSPS) is 10.8. The molecule has 1 aromatic heterocycles. The van der Waals surface area contributed by atoms with Crippen LogP contribution in [-0.4, -0.2) is 34.0 Å². The van der Waals surface area contributed by atoms with Crippen molar-refractivity contribution in [3.8, 4) is 0 Å². The van der Waals surface area contributed by atoms with Crippen LogP contribution >= 0.6 is 0 Å². The van der Waals surface area contributed by atoms with Crippen molar-refractivity contribution < 1.29 is 14.6 Å². The Bertz CT molecular complexity index is 596. The Balaban J connectivity index is 1.58. The van der Waals surface area contributed by atoms with Crippen molar-refractivity contribution in [2.75, 3.05) is 13.2 Å². The van der Waals surface area contributed by atoms with Gasteiger partial charge in [0.2, 0.25) is 0 Å². The number of carbonyl (C=O) groups is 1. The first kappa shape index (κ1) is 16.2. The molecule has 6 nitrogen and oxygen atoms in total. The van der Waals surface area contributed by atoms with E-state index in [1.807, 2.05) is 30.3 Å². The number of benzene rings is 1. The number of aromatic carboxylic acids is 1. The van der Waals surface area contributed by atoms with Crippen LogP contribution < -0.4 is 5.32 Å². The summed E-state index contributed by atoms with van der Waals surface area (Å²) in [6.07, 6.45) is 0.899. The van der Waals surface area contributed by atoms with Crippen LogP contribution in [0.5, 0.6) is 0 Å². The highest BCUT2D eigenvalue weighted by Gasteiger charge is 2.10. The predicted molar refractivity (Wildman–Crippen MR) is 82.6 cm³/mol. The van der Waals surface area contributed by atoms with E-state index in [9.17, 15) is 4.79 Å². The SMILES string of the molecule is Cn1nc(C(=O)O)cc1CNCCCOCc1ccccc1. The Morgan fingerprint density at radius 3 is 2.82 bits per heavy atom. The number of nitrogens with one attached hydrogen (secondary N) is 1. The second-order valence-electron chi connectivity index (χ2n) is 5.02. The van der Waals surface area contributed by atoms with Gasteiger partial charge in [-0.3, -0.25) is 4.68 Å². The molecule has 0 aliphatic rings. The first-order chi connectivity index (χ1) is 10.7. The second-order valence-corrected chi connectivity index (χ2v) is 5.02. The lowest BCUT2D eigenvalue weighted by Gasteiger charge is -2.06. The molecule has 0 amide bonds. The average Bonchev–Trinajstić information content (AvgIpc) is 2.89. The van der Waals surface area contributed by atoms with Crippen LogP contribution in [-0.2, 0) is 24.9 Å². The maximum atomic E-state index is 10.8. The molecule has 118 valence electrons. The molecule has 0 spiro atoms. The van der Waals surface area contributed by atoms with Gasteiger partial charge in [0.1, 0.15) is 0 Å². The Morgan fingerprint density at radius 2 is 2.14 bits per heavy atom. The molecule has 2 N–H and O–H groups in total. The Kier molecular flexibility index (Phi) is 6.12. The minimum absolute atomic E-state index is 0.0745. The van der Waals surface area contributed by atoms with E-state index in [1.54, 1.807) is 17.8 Å². The zero-order valence-electron chi connectivity index (χ0n) is 12.7. The number of rotatable bonds is 9. The van der Waals surface area contributed by atoms with Crippen LogP contribution in [0.1, 0.15) is 28.2 Å². The van der Waals surface area contributed by atoms with E-state index in [2.05, 4.69) is 10.4 Å². The molecule has 0 radical (unpaired) electrons. The fraction of sp³-hybridized carbons (Fsp3) is 0.375. The third kappa shape index (κ3) is 4.98. The molecular formula is C16H21N3O3. The van der Waals surface area contributed by atoms with Crippen molar-refractivity contribution in [3.05, 3.63) is 53.3 Å². The summed E-state index contributed by atoms with van der Waals surface area (Å²) in [5, 5.41) is 16.1. The molecule has 1 heterocycles. The smallest absolute Gasteiger partial charge is 0.356 e. The van der Waals surface area contributed by atoms with Gasteiger partial charge in [-0.05, 0) is 24.6 Å². The summed E-state index contributed by atoms with van der Waals surface area (Å²) in [5.74, 6) is -1.00. The van der Waals surface area contributed by atoms with E-state index in [0.717, 1.165) is 18.7 Å². The summed E-state index contributed by atoms with van der Waals surface area (Å²) in [7, 11) is 1.74. The fourth-order valence-corrected chi connectivity index (χ4v) is 2.06. The molecule has 0 saturated heterocycles. The number of aryl methyl sites for hydroxylation is 1. The number of carboxylic acids is 1. The molecule has 0 unspecified atom stereocenters. The van der Waals surface area contributed by atoms with Gasteiger partial charge in [0, 0.05) is 20.2 Å². The highest BCUT2D eigenvalue weighted by molar-refractivity contribution is 5.85. The molecule has 6 heteroatoms. The van der Waals surface area contributed by atoms with Crippen LogP contribution in [0.3, 0.4) is 0 Å². The van der Waals surface area contributed by atoms with Crippen LogP contribution in [0.4, 0.5) is 0 Å². The van der Waals surface area contributed by atoms with Crippen molar-refractivity contribution in [2.45, 2.75) is 19.6 Å². The molecule has 0 bridgehead atoms. The Labute approximate surface area is 129 Å². The molecule has 0 aliphatic carbocycles. The number of carboxylic acid groups (broad SMARTS) is 1. The third-order valence-electron chi connectivity index (χ3n) is 3.26. The van der Waals surface area contributed by atoms with E-state index in [4.69, 9.17) is 9.84 Å². The van der Waals surface area contributed by atoms with Gasteiger partial charge in [-0.15, -0.1) is 0 Å². The Hall–Kier alpha value is -2.18. The zero-order valence-corrected chi connectivity index (χ0v) is 12.7. The number of hydrogen-bond acceptors (Lipinski definition) is 4. The minimum Gasteiger partial charge on any atom is -0.476 e. The number of hydrogen-bond donors (Lipinski definition) is 2. The largest absolute Gasteiger partial charge is 0.476 e. The number of ether oxygens (including phenoxy) is 1. The third-order valence-corrected chi connectivity index (χ3v) is 3.26. The van der Waals surface area contributed by atoms with Gasteiger partial charge < -0.3 is 15.2 Å². The van der Waals surface area contributed by atoms with Crippen LogP contribution in [0, 0.1) is 0 Å². The second kappa shape index (κ2) is 8.31. The maximum absolute atomic E-state index is 10.8. The lowest BCUT2D eigenvalue weighted by Crippen LogP contribution is -2.18. The van der Waals surface area contributed by atoms with Gasteiger partial charge in [-0.25, -0.2) is 4.79 Å². The van der Waals surface area contributed by atoms with Crippen LogP contribution in [0.15, 0.2) is 36.4 Å². The number of nitrogens with zero attached hydrogens (tertiary/aromatic N) is 2. The van der Waals surface area contributed by atoms with E-state index in [-0.39, 0.29) is 5.69 Å². The van der Waals surface area contributed by atoms with Crippen molar-refractivity contribution in [3.63, 3.8) is 0 Å². The summed E-state index contributed by atoms with van der Waals surface area (Å²) in [6.45, 7) is 2.72. The molecule has 0 atom stereocenters. The maximum Gasteiger partial charge on any atom is 0.356 e. The van der Waals surface area contributed by atoms with Crippen molar-refractivity contribution in [1.29, 1.82) is 0 Å². The monoisotopic (exact) mass is 303 g/mol. The van der Waals surface area contributed by atoms with E-state index >= 15 is 0 Å². The summed E-state index contributed by atoms with van der Waals surface area (Å²) in [6, 6.07) is 11.7. The molecule has 22 heavy (non-hydrogen) atoms. The summed E-state index contributed by atoms with van der Waals surface area (Å²) in [5.41, 5.74) is 2.10. The summed E-state index contributed by atoms with van der Waals surface area (Å²) < 4.78 is 7.18. The van der Waals surface area contributed by atoms with Gasteiger partial charge >= 0.3 is 5.97 Å². The van der Waals surface area contributed by atoms with E-state index < -0.39 is 5.97 Å². The molecule has 0 aliphatic heterocycles. The van der Waals surface area contributed by atoms with Gasteiger partial charge in [0.05, 0.1) is 12.3 Å². The standard InChI is InChI=1S/C16H21N3O3/c1-19-14(10-15(18-19)16(20)21)11-17-8-5-9-22-12-13-6-3-2-4-7-13/h2-4,6-7,10,17H,5,8-9,11-12H2,1H3,(H,20,21). The number of aromatic nitrogens is 2. The zero-order chi connectivity index (χ0) is 15.8. The summed E-state index contributed by atoms with van der Waals surface area (Å²) >= 11 is 0. The van der Waals surface area contributed by atoms with Gasteiger partial charge in [-0.2, -0.15) is 5.10 Å². The molecule has 0 fully saturated rings. The lowest BCUT2D eigenvalue weighted by atomic mass is 10.2. The quantitative estimate of drug-likeness (QED) is 0.691. The predicted octanol–water partition coefficient (Wildman–Crippen LogP) is 1.81. The van der Waals surface area contributed by atoms with Crippen molar-refractivity contribution in [2.24, 2.45) is 7.05 Å². The van der Waals surface area contributed by atoms with Gasteiger partial charge in [-0.1, -0.05) is 30.3 Å². The Morgan fingerprint density at radius 1 is 1.36 bits per heavy atom. The van der Waals surface area contributed by atoms with Crippen molar-refractivity contribution in [1.82, 2.24) is 15.1 Å². The van der Waals surface area contributed by atoms with Gasteiger partial charge in [0.25, 0.3) is 0 Å². The molecule has 1 aromatic carbocycles. The minimum atomic E-state index is -1.00. The highest BCUT2D eigenvalue weighted by atomic mass is 16.5. The average molecular weight is 303 g/mol. The fourth-order valence-electron chi connectivity index (χ4n) is 2.06. The molecule has 2 aromatic rings. The van der Waals surface area contributed by atoms with Crippen molar-refractivity contribution >= 4 is 5.97 Å². The first-order valence-corrected chi connectivity index (χ1v) is 7.25. The van der Waals surface area contributed by atoms with E-state index in [1.165, 1.54) is 5.56 Å². The first-order valence-electron chi connectivity index (χ1n) is 7.25. The van der Waals surface area contributed by atoms with E-state index in [0.29, 0.717) is 19.8 Å². The molecule has 2 rings (SSSR count). The topological polar surface area (TPSA) is 76.4 Å². The van der Waals surface area contributed by atoms with Crippen LogP contribution in [0.2, 0.25) is 0 Å². The van der Waals surface area contributed by atoms with Gasteiger partial charge in [0.15, 0.2) is 5.69 Å².